The minimum absolute atomic E-state index is 0.0166. The highest BCUT2D eigenvalue weighted by Gasteiger charge is 2.46. The van der Waals surface area contributed by atoms with Crippen LogP contribution in [0, 0.1) is 11.8 Å². The minimum Gasteiger partial charge on any atom is -0.497 e. The largest absolute Gasteiger partial charge is 0.497 e. The predicted molar refractivity (Wildman–Crippen MR) is 78.8 cm³/mol. The monoisotopic (exact) mass is 274 g/mol. The molecule has 2 N–H and O–H groups in total. The molecular weight excluding hydrogens is 252 g/mol. The standard InChI is InChI=1S/C16H22N2O2/c1-9-15(17)13-7-6-12(20-3)8-14(13)18(10(2)19)16(9)11-4-5-11/h6-9,11,15-16H,4-5,17H2,1-3H3/t9-,15-,16?/m1/s1. The van der Waals surface area contributed by atoms with E-state index < -0.39 is 0 Å². The van der Waals surface area contributed by atoms with Gasteiger partial charge in [0.15, 0.2) is 0 Å². The number of carbonyl (C=O) groups is 1. The van der Waals surface area contributed by atoms with E-state index in [-0.39, 0.29) is 23.9 Å². The van der Waals surface area contributed by atoms with Crippen LogP contribution >= 0.6 is 0 Å². The zero-order chi connectivity index (χ0) is 14.4. The van der Waals surface area contributed by atoms with Crippen molar-refractivity contribution in [2.75, 3.05) is 12.0 Å². The first-order valence-electron chi connectivity index (χ1n) is 7.28. The molecule has 1 aromatic rings. The van der Waals surface area contributed by atoms with Crippen LogP contribution in [0.1, 0.15) is 38.3 Å². The number of benzene rings is 1. The number of rotatable bonds is 2. The van der Waals surface area contributed by atoms with Crippen LogP contribution in [-0.2, 0) is 4.79 Å². The molecule has 1 saturated carbocycles. The van der Waals surface area contributed by atoms with Crippen LogP contribution in [0.25, 0.3) is 0 Å². The molecular formula is C16H22N2O2. The summed E-state index contributed by atoms with van der Waals surface area (Å²) < 4.78 is 5.30. The van der Waals surface area contributed by atoms with Gasteiger partial charge in [-0.15, -0.1) is 0 Å². The zero-order valence-corrected chi connectivity index (χ0v) is 12.3. The van der Waals surface area contributed by atoms with Crippen LogP contribution < -0.4 is 15.4 Å². The van der Waals surface area contributed by atoms with E-state index in [0.29, 0.717) is 5.92 Å². The summed E-state index contributed by atoms with van der Waals surface area (Å²) in [6.45, 7) is 3.80. The number of nitrogens with two attached hydrogens (primary N) is 1. The molecule has 4 heteroatoms. The van der Waals surface area contributed by atoms with E-state index in [0.717, 1.165) is 17.0 Å². The molecule has 1 heterocycles. The Labute approximate surface area is 119 Å². The van der Waals surface area contributed by atoms with E-state index in [2.05, 4.69) is 6.92 Å². The summed E-state index contributed by atoms with van der Waals surface area (Å²) in [7, 11) is 1.64. The molecule has 1 aliphatic carbocycles. The van der Waals surface area contributed by atoms with Crippen LogP contribution in [0.2, 0.25) is 0 Å². The SMILES string of the molecule is COc1ccc2c(c1)N(C(C)=O)C(C1CC1)[C@H](C)[C@H]2N. The lowest BCUT2D eigenvalue weighted by Crippen LogP contribution is -2.51. The summed E-state index contributed by atoms with van der Waals surface area (Å²) in [5, 5.41) is 0. The molecule has 0 spiro atoms. The van der Waals surface area contributed by atoms with Gasteiger partial charge in [-0.1, -0.05) is 13.0 Å². The Kier molecular flexibility index (Phi) is 3.21. The van der Waals surface area contributed by atoms with E-state index in [1.807, 2.05) is 23.1 Å². The molecule has 3 atom stereocenters. The van der Waals surface area contributed by atoms with Gasteiger partial charge in [0.05, 0.1) is 12.8 Å². The maximum Gasteiger partial charge on any atom is 0.224 e. The molecule has 1 aliphatic heterocycles. The summed E-state index contributed by atoms with van der Waals surface area (Å²) in [6.07, 6.45) is 2.40. The fourth-order valence-electron chi connectivity index (χ4n) is 3.49. The number of ether oxygens (including phenoxy) is 1. The van der Waals surface area contributed by atoms with Crippen molar-refractivity contribution in [3.63, 3.8) is 0 Å². The van der Waals surface area contributed by atoms with Gasteiger partial charge in [-0.2, -0.15) is 0 Å². The van der Waals surface area contributed by atoms with Crippen molar-refractivity contribution < 1.29 is 9.53 Å². The van der Waals surface area contributed by atoms with E-state index in [9.17, 15) is 4.79 Å². The second kappa shape index (κ2) is 4.77. The highest BCUT2D eigenvalue weighted by Crippen LogP contribution is 2.48. The fraction of sp³-hybridized carbons (Fsp3) is 0.562. The summed E-state index contributed by atoms with van der Waals surface area (Å²) in [6, 6.07) is 6.06. The van der Waals surface area contributed by atoms with E-state index >= 15 is 0 Å². The van der Waals surface area contributed by atoms with Gasteiger partial charge in [0, 0.05) is 25.1 Å². The first-order valence-corrected chi connectivity index (χ1v) is 7.28. The summed E-state index contributed by atoms with van der Waals surface area (Å²) in [4.78, 5) is 14.1. The molecule has 1 aromatic carbocycles. The second-order valence-corrected chi connectivity index (χ2v) is 6.03. The van der Waals surface area contributed by atoms with Crippen molar-refractivity contribution in [1.82, 2.24) is 0 Å². The average molecular weight is 274 g/mol. The molecule has 0 radical (unpaired) electrons. The molecule has 0 saturated heterocycles. The second-order valence-electron chi connectivity index (χ2n) is 6.03. The number of hydrogen-bond acceptors (Lipinski definition) is 3. The summed E-state index contributed by atoms with van der Waals surface area (Å²) in [5.74, 6) is 1.74. The maximum atomic E-state index is 12.2. The lowest BCUT2D eigenvalue weighted by molar-refractivity contribution is -0.117. The summed E-state index contributed by atoms with van der Waals surface area (Å²) in [5.41, 5.74) is 8.40. The molecule has 3 rings (SSSR count). The Morgan fingerprint density at radius 1 is 1.40 bits per heavy atom. The molecule has 1 amide bonds. The van der Waals surface area contributed by atoms with Crippen LogP contribution in [0.4, 0.5) is 5.69 Å². The van der Waals surface area contributed by atoms with Gasteiger partial charge in [0.2, 0.25) is 5.91 Å². The number of carbonyl (C=O) groups excluding carboxylic acids is 1. The first kappa shape index (κ1) is 13.4. The van der Waals surface area contributed by atoms with Gasteiger partial charge in [-0.3, -0.25) is 4.79 Å². The number of anilines is 1. The lowest BCUT2D eigenvalue weighted by atomic mass is 9.80. The van der Waals surface area contributed by atoms with E-state index in [1.54, 1.807) is 14.0 Å². The van der Waals surface area contributed by atoms with Gasteiger partial charge < -0.3 is 15.4 Å². The Morgan fingerprint density at radius 2 is 2.10 bits per heavy atom. The van der Waals surface area contributed by atoms with Crippen molar-refractivity contribution in [1.29, 1.82) is 0 Å². The third kappa shape index (κ3) is 1.99. The predicted octanol–water partition coefficient (Wildman–Crippen LogP) is 2.48. The Hall–Kier alpha value is -1.55. The van der Waals surface area contributed by atoms with Gasteiger partial charge in [-0.25, -0.2) is 0 Å². The molecule has 108 valence electrons. The fourth-order valence-corrected chi connectivity index (χ4v) is 3.49. The number of amides is 1. The van der Waals surface area contributed by atoms with Crippen molar-refractivity contribution in [3.8, 4) is 5.75 Å². The average Bonchev–Trinajstić information content (AvgIpc) is 3.25. The van der Waals surface area contributed by atoms with Gasteiger partial charge in [0.25, 0.3) is 0 Å². The quantitative estimate of drug-likeness (QED) is 0.901. The number of hydrogen-bond donors (Lipinski definition) is 1. The Morgan fingerprint density at radius 3 is 2.65 bits per heavy atom. The molecule has 20 heavy (non-hydrogen) atoms. The first-order chi connectivity index (χ1) is 9.54. The molecule has 0 aromatic heterocycles. The maximum absolute atomic E-state index is 12.2. The third-order valence-electron chi connectivity index (χ3n) is 4.70. The van der Waals surface area contributed by atoms with Crippen LogP contribution in [0.5, 0.6) is 5.75 Å². The van der Waals surface area contributed by atoms with Crippen molar-refractivity contribution in [3.05, 3.63) is 23.8 Å². The Bertz CT molecular complexity index is 539. The van der Waals surface area contributed by atoms with Gasteiger partial charge in [-0.05, 0) is 36.3 Å². The minimum atomic E-state index is -0.0166. The number of methoxy groups -OCH3 is 1. The van der Waals surface area contributed by atoms with Gasteiger partial charge >= 0.3 is 0 Å². The van der Waals surface area contributed by atoms with E-state index in [1.165, 1.54) is 12.8 Å². The lowest BCUT2D eigenvalue weighted by Gasteiger charge is -2.44. The Balaban J connectivity index is 2.12. The molecule has 1 unspecified atom stereocenters. The topological polar surface area (TPSA) is 55.6 Å². The van der Waals surface area contributed by atoms with Crippen LogP contribution in [0.3, 0.4) is 0 Å². The molecule has 4 nitrogen and oxygen atoms in total. The van der Waals surface area contributed by atoms with Crippen molar-refractivity contribution in [2.24, 2.45) is 17.6 Å². The molecule has 1 fully saturated rings. The highest BCUT2D eigenvalue weighted by atomic mass is 16.5. The summed E-state index contributed by atoms with van der Waals surface area (Å²) >= 11 is 0. The third-order valence-corrected chi connectivity index (χ3v) is 4.70. The van der Waals surface area contributed by atoms with Crippen molar-refractivity contribution in [2.45, 2.75) is 38.8 Å². The van der Waals surface area contributed by atoms with Crippen LogP contribution in [-0.4, -0.2) is 19.1 Å². The van der Waals surface area contributed by atoms with Gasteiger partial charge in [0.1, 0.15) is 5.75 Å². The highest BCUT2D eigenvalue weighted by molar-refractivity contribution is 5.94. The smallest absolute Gasteiger partial charge is 0.224 e. The van der Waals surface area contributed by atoms with Crippen LogP contribution in [0.15, 0.2) is 18.2 Å². The molecule has 0 bridgehead atoms. The molecule has 2 aliphatic rings. The van der Waals surface area contributed by atoms with Crippen molar-refractivity contribution >= 4 is 11.6 Å². The zero-order valence-electron chi connectivity index (χ0n) is 12.3. The van der Waals surface area contributed by atoms with E-state index in [4.69, 9.17) is 10.5 Å². The normalized spacial score (nSPS) is 29.0. The number of nitrogens with zero attached hydrogens (tertiary/aromatic N) is 1. The number of fused-ring (bicyclic) bond motifs is 1.